The Bertz CT molecular complexity index is 459. The first-order chi connectivity index (χ1) is 9.20. The Morgan fingerprint density at radius 2 is 1.90 bits per heavy atom. The van der Waals surface area contributed by atoms with Crippen LogP contribution in [0.25, 0.3) is 0 Å². The number of carbonyl (C=O) groups excluding carboxylic acids is 1. The van der Waals surface area contributed by atoms with E-state index in [0.29, 0.717) is 18.9 Å². The van der Waals surface area contributed by atoms with Crippen molar-refractivity contribution in [2.75, 3.05) is 11.9 Å². The van der Waals surface area contributed by atoms with Gasteiger partial charge in [-0.05, 0) is 44.7 Å². The van der Waals surface area contributed by atoms with Crippen molar-refractivity contribution in [3.8, 4) is 0 Å². The zero-order valence-corrected chi connectivity index (χ0v) is 13.6. The van der Waals surface area contributed by atoms with E-state index in [0.717, 1.165) is 0 Å². The minimum Gasteiger partial charge on any atom is -0.384 e. The average molecular weight is 276 g/mol. The van der Waals surface area contributed by atoms with Crippen LogP contribution in [-0.2, 0) is 4.79 Å². The highest BCUT2D eigenvalue weighted by Crippen LogP contribution is 2.27. The predicted octanol–water partition coefficient (Wildman–Crippen LogP) is 3.84. The Hall–Kier alpha value is -1.51. The number of benzene rings is 1. The second-order valence-corrected chi connectivity index (χ2v) is 6.67. The van der Waals surface area contributed by atoms with Gasteiger partial charge in [-0.2, -0.15) is 0 Å². The largest absolute Gasteiger partial charge is 0.384 e. The Labute approximate surface area is 123 Å². The van der Waals surface area contributed by atoms with Gasteiger partial charge in [0.1, 0.15) is 0 Å². The fraction of sp³-hybridized carbons (Fsp3) is 0.588. The maximum absolute atomic E-state index is 11.8. The van der Waals surface area contributed by atoms with Gasteiger partial charge in [0.2, 0.25) is 5.91 Å². The van der Waals surface area contributed by atoms with Crippen LogP contribution >= 0.6 is 0 Å². The third kappa shape index (κ3) is 5.24. The van der Waals surface area contributed by atoms with Crippen LogP contribution in [0.4, 0.5) is 5.69 Å². The molecular weight excluding hydrogens is 248 g/mol. The number of anilines is 1. The molecule has 0 radical (unpaired) electrons. The summed E-state index contributed by atoms with van der Waals surface area (Å²) in [6, 6.07) is 6.33. The van der Waals surface area contributed by atoms with Crippen LogP contribution in [0.15, 0.2) is 18.2 Å². The fourth-order valence-corrected chi connectivity index (χ4v) is 2.19. The van der Waals surface area contributed by atoms with E-state index in [1.807, 2.05) is 20.8 Å². The van der Waals surface area contributed by atoms with E-state index in [1.54, 1.807) is 0 Å². The van der Waals surface area contributed by atoms with Gasteiger partial charge < -0.3 is 10.6 Å². The Kier molecular flexibility index (Phi) is 5.61. The molecule has 0 aromatic heterocycles. The molecule has 0 saturated heterocycles. The van der Waals surface area contributed by atoms with Crippen molar-refractivity contribution in [2.24, 2.45) is 0 Å². The van der Waals surface area contributed by atoms with E-state index in [-0.39, 0.29) is 11.4 Å². The van der Waals surface area contributed by atoms with Gasteiger partial charge in [-0.1, -0.05) is 32.0 Å². The van der Waals surface area contributed by atoms with Crippen LogP contribution < -0.4 is 10.6 Å². The molecule has 1 aromatic rings. The smallest absolute Gasteiger partial charge is 0.222 e. The second kappa shape index (κ2) is 6.78. The highest BCUT2D eigenvalue weighted by molar-refractivity contribution is 5.77. The van der Waals surface area contributed by atoms with E-state index in [1.165, 1.54) is 16.8 Å². The van der Waals surface area contributed by atoms with Crippen molar-refractivity contribution >= 4 is 11.6 Å². The molecule has 1 aromatic carbocycles. The molecule has 1 amide bonds. The van der Waals surface area contributed by atoms with Gasteiger partial charge in [0.25, 0.3) is 0 Å². The lowest BCUT2D eigenvalue weighted by atomic mass is 9.98. The summed E-state index contributed by atoms with van der Waals surface area (Å²) in [5, 5.41) is 6.40. The zero-order chi connectivity index (χ0) is 15.3. The predicted molar refractivity (Wildman–Crippen MR) is 86.3 cm³/mol. The van der Waals surface area contributed by atoms with Crippen LogP contribution in [0.1, 0.15) is 58.1 Å². The third-order valence-electron chi connectivity index (χ3n) is 3.10. The quantitative estimate of drug-likeness (QED) is 0.858. The molecule has 0 unspecified atom stereocenters. The Morgan fingerprint density at radius 3 is 2.45 bits per heavy atom. The summed E-state index contributed by atoms with van der Waals surface area (Å²) in [5.41, 5.74) is 3.54. The van der Waals surface area contributed by atoms with E-state index in [9.17, 15) is 4.79 Å². The van der Waals surface area contributed by atoms with Gasteiger partial charge in [0.15, 0.2) is 0 Å². The van der Waals surface area contributed by atoms with Crippen molar-refractivity contribution in [2.45, 2.75) is 59.4 Å². The monoisotopic (exact) mass is 276 g/mol. The maximum Gasteiger partial charge on any atom is 0.222 e. The van der Waals surface area contributed by atoms with Crippen molar-refractivity contribution < 1.29 is 4.79 Å². The van der Waals surface area contributed by atoms with Crippen LogP contribution in [-0.4, -0.2) is 18.0 Å². The first-order valence-corrected chi connectivity index (χ1v) is 7.35. The summed E-state index contributed by atoms with van der Waals surface area (Å²) in [4.78, 5) is 11.8. The molecule has 0 heterocycles. The normalized spacial score (nSPS) is 11.6. The standard InChI is InChI=1S/C17H28N2O/c1-12(2)14-9-7-8-13(3)16(14)18-11-10-15(20)19-17(4,5)6/h7-9,12,18H,10-11H2,1-6H3,(H,19,20). The average Bonchev–Trinajstić information content (AvgIpc) is 2.28. The van der Waals surface area contributed by atoms with Gasteiger partial charge in [0, 0.05) is 24.2 Å². The molecule has 0 aliphatic heterocycles. The van der Waals surface area contributed by atoms with Crippen LogP contribution in [0.5, 0.6) is 0 Å². The van der Waals surface area contributed by atoms with Gasteiger partial charge in [0.05, 0.1) is 0 Å². The summed E-state index contributed by atoms with van der Waals surface area (Å²) >= 11 is 0. The van der Waals surface area contributed by atoms with Gasteiger partial charge >= 0.3 is 0 Å². The highest BCUT2D eigenvalue weighted by atomic mass is 16.1. The summed E-state index contributed by atoms with van der Waals surface area (Å²) in [6.07, 6.45) is 0.489. The SMILES string of the molecule is Cc1cccc(C(C)C)c1NCCC(=O)NC(C)(C)C. The molecule has 0 saturated carbocycles. The van der Waals surface area contributed by atoms with E-state index >= 15 is 0 Å². The molecule has 1 rings (SSSR count). The number of aryl methyl sites for hydroxylation is 1. The first kappa shape index (κ1) is 16.5. The summed E-state index contributed by atoms with van der Waals surface area (Å²) in [5.74, 6) is 0.561. The van der Waals surface area contributed by atoms with Gasteiger partial charge in [-0.3, -0.25) is 4.79 Å². The first-order valence-electron chi connectivity index (χ1n) is 7.35. The van der Waals surface area contributed by atoms with Crippen LogP contribution in [0, 0.1) is 6.92 Å². The molecule has 3 nitrogen and oxygen atoms in total. The molecule has 3 heteroatoms. The van der Waals surface area contributed by atoms with Crippen LogP contribution in [0.2, 0.25) is 0 Å². The molecule has 0 atom stereocenters. The number of hydrogen-bond acceptors (Lipinski definition) is 2. The number of carbonyl (C=O) groups is 1. The molecule has 0 aliphatic rings. The van der Waals surface area contributed by atoms with Crippen molar-refractivity contribution in [1.82, 2.24) is 5.32 Å². The van der Waals surface area contributed by atoms with Crippen LogP contribution in [0.3, 0.4) is 0 Å². The topological polar surface area (TPSA) is 41.1 Å². The molecule has 0 spiro atoms. The van der Waals surface area contributed by atoms with Crippen molar-refractivity contribution in [3.63, 3.8) is 0 Å². The molecule has 112 valence electrons. The number of nitrogens with one attached hydrogen (secondary N) is 2. The summed E-state index contributed by atoms with van der Waals surface area (Å²) in [7, 11) is 0. The maximum atomic E-state index is 11.8. The molecule has 0 bridgehead atoms. The second-order valence-electron chi connectivity index (χ2n) is 6.67. The number of rotatable bonds is 5. The Morgan fingerprint density at radius 1 is 1.25 bits per heavy atom. The number of para-hydroxylation sites is 1. The van der Waals surface area contributed by atoms with Crippen molar-refractivity contribution in [1.29, 1.82) is 0 Å². The lowest BCUT2D eigenvalue weighted by Crippen LogP contribution is -2.41. The van der Waals surface area contributed by atoms with E-state index in [4.69, 9.17) is 0 Å². The third-order valence-corrected chi connectivity index (χ3v) is 3.10. The fourth-order valence-electron chi connectivity index (χ4n) is 2.19. The van der Waals surface area contributed by atoms with E-state index < -0.39 is 0 Å². The van der Waals surface area contributed by atoms with Crippen molar-refractivity contribution in [3.05, 3.63) is 29.3 Å². The summed E-state index contributed by atoms with van der Waals surface area (Å²) in [6.45, 7) is 13.1. The van der Waals surface area contributed by atoms with Gasteiger partial charge in [-0.15, -0.1) is 0 Å². The lowest BCUT2D eigenvalue weighted by Gasteiger charge is -2.21. The minimum absolute atomic E-state index is 0.0877. The van der Waals surface area contributed by atoms with Gasteiger partial charge in [-0.25, -0.2) is 0 Å². The molecule has 0 aliphatic carbocycles. The molecule has 0 fully saturated rings. The number of amides is 1. The summed E-state index contributed by atoms with van der Waals surface area (Å²) < 4.78 is 0. The lowest BCUT2D eigenvalue weighted by molar-refractivity contribution is -0.122. The molecule has 2 N–H and O–H groups in total. The highest BCUT2D eigenvalue weighted by Gasteiger charge is 2.14. The molecule has 20 heavy (non-hydrogen) atoms. The number of hydrogen-bond donors (Lipinski definition) is 2. The Balaban J connectivity index is 2.61. The van der Waals surface area contributed by atoms with E-state index in [2.05, 4.69) is 49.6 Å². The zero-order valence-electron chi connectivity index (χ0n) is 13.6. The molecular formula is C17H28N2O. The minimum atomic E-state index is -0.164.